The maximum atomic E-state index is 10.5. The summed E-state index contributed by atoms with van der Waals surface area (Å²) in [4.78, 5) is 14.5. The van der Waals surface area contributed by atoms with E-state index in [9.17, 15) is 4.79 Å². The van der Waals surface area contributed by atoms with E-state index in [1.54, 1.807) is 18.4 Å². The van der Waals surface area contributed by atoms with Crippen molar-refractivity contribution in [3.8, 4) is 5.75 Å². The number of halogens is 3. The van der Waals surface area contributed by atoms with Crippen molar-refractivity contribution in [2.75, 3.05) is 13.2 Å². The minimum atomic E-state index is -0.858. The Bertz CT molecular complexity index is 1190. The first-order valence-electron chi connectivity index (χ1n) is 9.77. The zero-order chi connectivity index (χ0) is 23.8. The fourth-order valence-electron chi connectivity index (χ4n) is 2.98. The molecule has 0 spiro atoms. The third kappa shape index (κ3) is 6.71. The van der Waals surface area contributed by atoms with Crippen molar-refractivity contribution in [1.29, 1.82) is 5.41 Å². The highest BCUT2D eigenvalue weighted by molar-refractivity contribution is 6.61. The summed E-state index contributed by atoms with van der Waals surface area (Å²) in [6.07, 6.45) is 8.98. The number of hydrogen-bond acceptors (Lipinski definition) is 7. The number of ether oxygens (including phenoxy) is 2. The highest BCUT2D eigenvalue weighted by atomic mass is 35.5. The molecule has 0 bridgehead atoms. The van der Waals surface area contributed by atoms with Crippen LogP contribution in [0.25, 0.3) is 17.0 Å². The zero-order valence-electron chi connectivity index (χ0n) is 17.4. The average Bonchev–Trinajstić information content (AvgIpc) is 3.17. The lowest BCUT2D eigenvalue weighted by molar-refractivity contribution is 0.175. The molecule has 8 nitrogen and oxygen atoms in total. The molecule has 0 aliphatic carbocycles. The number of nitrogens with zero attached hydrogens (tertiary/aromatic N) is 2. The van der Waals surface area contributed by atoms with E-state index in [1.165, 1.54) is 18.6 Å². The average molecular weight is 509 g/mol. The smallest absolute Gasteiger partial charge is 0.403 e. The van der Waals surface area contributed by atoms with Crippen LogP contribution < -0.4 is 10.1 Å². The van der Waals surface area contributed by atoms with Crippen LogP contribution in [0.3, 0.4) is 0 Å². The van der Waals surface area contributed by atoms with Gasteiger partial charge in [-0.25, -0.2) is 4.79 Å². The van der Waals surface area contributed by atoms with E-state index in [2.05, 4.69) is 25.2 Å². The van der Waals surface area contributed by atoms with Crippen molar-refractivity contribution in [3.05, 3.63) is 69.7 Å². The van der Waals surface area contributed by atoms with Crippen molar-refractivity contribution >= 4 is 63.4 Å². The van der Waals surface area contributed by atoms with Gasteiger partial charge in [-0.05, 0) is 37.3 Å². The summed E-state index contributed by atoms with van der Waals surface area (Å²) >= 11 is 17.6. The number of carbonyl (C=O) groups is 1. The molecule has 0 saturated carbocycles. The molecule has 3 aromatic rings. The molecule has 1 atom stereocenters. The van der Waals surface area contributed by atoms with E-state index in [0.717, 1.165) is 10.9 Å². The number of fused-ring (bicyclic) bond motifs is 1. The first-order chi connectivity index (χ1) is 15.9. The minimum Gasteiger partial charge on any atom is -0.486 e. The highest BCUT2D eigenvalue weighted by Gasteiger charge is 2.16. The third-order valence-electron chi connectivity index (χ3n) is 4.50. The molecule has 3 N–H and O–H groups in total. The third-order valence-corrected chi connectivity index (χ3v) is 5.22. The van der Waals surface area contributed by atoms with E-state index in [4.69, 9.17) is 44.9 Å². The Balaban J connectivity index is 1.74. The Morgan fingerprint density at radius 3 is 2.76 bits per heavy atom. The second kappa shape index (κ2) is 11.7. The minimum absolute atomic E-state index is 0.120. The monoisotopic (exact) mass is 507 g/mol. The summed E-state index contributed by atoms with van der Waals surface area (Å²) < 4.78 is 10.7. The number of benzene rings is 1. The quantitative estimate of drug-likeness (QED) is 0.136. The Labute approximate surface area is 205 Å². The molecule has 11 heteroatoms. The summed E-state index contributed by atoms with van der Waals surface area (Å²) in [5.41, 5.74) is 1.90. The Hall–Kier alpha value is -3.07. The van der Waals surface area contributed by atoms with E-state index >= 15 is 0 Å². The van der Waals surface area contributed by atoms with Gasteiger partial charge in [0.15, 0.2) is 0 Å². The molecule has 0 aliphatic rings. The molecule has 2 aromatic heterocycles. The van der Waals surface area contributed by atoms with E-state index in [0.29, 0.717) is 39.2 Å². The molecule has 172 valence electrons. The largest absolute Gasteiger partial charge is 0.486 e. The topological polar surface area (TPSA) is 113 Å². The van der Waals surface area contributed by atoms with Gasteiger partial charge in [0.05, 0.1) is 21.3 Å². The number of nitrogens with one attached hydrogen (secondary N) is 3. The fourth-order valence-corrected chi connectivity index (χ4v) is 3.73. The lowest BCUT2D eigenvalue weighted by atomic mass is 10.1. The molecule has 33 heavy (non-hydrogen) atoms. The lowest BCUT2D eigenvalue weighted by Gasteiger charge is -2.17. The number of rotatable bonds is 10. The highest BCUT2D eigenvalue weighted by Crippen LogP contribution is 2.33. The van der Waals surface area contributed by atoms with E-state index in [1.807, 2.05) is 25.1 Å². The van der Waals surface area contributed by atoms with Gasteiger partial charge in [0.2, 0.25) is 0 Å². The van der Waals surface area contributed by atoms with Gasteiger partial charge in [-0.15, -0.1) is 0 Å². The van der Waals surface area contributed by atoms with E-state index < -0.39 is 11.5 Å². The summed E-state index contributed by atoms with van der Waals surface area (Å²) in [7, 11) is 0. The number of hydrogen-bond donors (Lipinski definition) is 3. The van der Waals surface area contributed by atoms with Crippen LogP contribution in [-0.4, -0.2) is 40.0 Å². The van der Waals surface area contributed by atoms with E-state index in [-0.39, 0.29) is 6.61 Å². The van der Waals surface area contributed by atoms with Crippen LogP contribution in [0.2, 0.25) is 10.0 Å². The van der Waals surface area contributed by atoms with Gasteiger partial charge >= 0.3 is 5.43 Å². The van der Waals surface area contributed by atoms with Crippen molar-refractivity contribution in [1.82, 2.24) is 20.5 Å². The van der Waals surface area contributed by atoms with Crippen LogP contribution in [-0.2, 0) is 4.74 Å². The van der Waals surface area contributed by atoms with Gasteiger partial charge < -0.3 is 20.2 Å². The number of allylic oxidation sites excluding steroid dienone is 2. The number of carbonyl (C=O) groups excluding carboxylic acids is 1. The molecule has 0 aliphatic heterocycles. The van der Waals surface area contributed by atoms with Gasteiger partial charge in [-0.2, -0.15) is 5.10 Å². The molecule has 0 radical (unpaired) electrons. The molecular formula is C22H20Cl3N5O3. The number of aromatic amines is 1. The molecule has 0 amide bonds. The van der Waals surface area contributed by atoms with Gasteiger partial charge in [0, 0.05) is 59.5 Å². The first kappa shape index (κ1) is 24.6. The predicted octanol–water partition coefficient (Wildman–Crippen LogP) is 5.92. The second-order valence-corrected chi connectivity index (χ2v) is 7.88. The summed E-state index contributed by atoms with van der Waals surface area (Å²) in [5.74, 6) is 0.619. The molecule has 0 saturated heterocycles. The van der Waals surface area contributed by atoms with Crippen molar-refractivity contribution in [2.45, 2.75) is 13.0 Å². The van der Waals surface area contributed by atoms with Crippen LogP contribution in [0, 0.1) is 5.41 Å². The van der Waals surface area contributed by atoms with Gasteiger partial charge in [-0.3, -0.25) is 10.1 Å². The van der Waals surface area contributed by atoms with Crippen LogP contribution in [0.1, 0.15) is 24.3 Å². The second-order valence-electron chi connectivity index (χ2n) is 6.76. The Kier molecular flexibility index (Phi) is 8.71. The molecular weight excluding hydrogens is 489 g/mol. The zero-order valence-corrected chi connectivity index (χ0v) is 19.7. The summed E-state index contributed by atoms with van der Waals surface area (Å²) in [5, 5.41) is 19.5. The summed E-state index contributed by atoms with van der Waals surface area (Å²) in [6.45, 7) is 2.34. The van der Waals surface area contributed by atoms with Crippen LogP contribution >= 0.6 is 34.8 Å². The normalized spacial score (nSPS) is 12.7. The maximum absolute atomic E-state index is 10.5. The number of pyridine rings is 1. The van der Waals surface area contributed by atoms with Gasteiger partial charge in [0.1, 0.15) is 18.5 Å². The number of H-pyrrole nitrogens is 1. The SMILES string of the molecule is C[C@@H](Oc1ccc2[nH]nc(/C=C/C(C=N)=C/NCCOC(=O)Cl)c2c1)c1c(Cl)cncc1Cl. The Morgan fingerprint density at radius 2 is 2.06 bits per heavy atom. The lowest BCUT2D eigenvalue weighted by Crippen LogP contribution is -2.15. The van der Waals surface area contributed by atoms with Crippen molar-refractivity contribution in [3.63, 3.8) is 0 Å². The molecule has 3 rings (SSSR count). The van der Waals surface area contributed by atoms with Gasteiger partial charge in [0.25, 0.3) is 0 Å². The fraction of sp³-hybridized carbons (Fsp3) is 0.182. The molecule has 0 fully saturated rings. The maximum Gasteiger partial charge on any atom is 0.403 e. The van der Waals surface area contributed by atoms with Crippen LogP contribution in [0.4, 0.5) is 4.79 Å². The molecule has 1 aromatic carbocycles. The number of aromatic nitrogens is 3. The van der Waals surface area contributed by atoms with Crippen molar-refractivity contribution < 1.29 is 14.3 Å². The van der Waals surface area contributed by atoms with Gasteiger partial charge in [-0.1, -0.05) is 23.2 Å². The van der Waals surface area contributed by atoms with Crippen molar-refractivity contribution in [2.24, 2.45) is 0 Å². The summed E-state index contributed by atoms with van der Waals surface area (Å²) in [6, 6.07) is 5.56. The van der Waals surface area contributed by atoms with Crippen LogP contribution in [0.5, 0.6) is 5.75 Å². The standard InChI is InChI=1S/C22H20Cl3N5O3/c1-13(21-17(23)11-28-12-18(21)24)33-15-3-5-20-16(8-15)19(29-30-20)4-2-14(9-26)10-27-6-7-32-22(25)31/h2-5,8-13,26-27H,6-7H2,1H3,(H,29,30)/b4-2+,14-10-,26-9?/t13-/m1/s1. The Morgan fingerprint density at radius 1 is 1.30 bits per heavy atom. The predicted molar refractivity (Wildman–Crippen MR) is 130 cm³/mol. The first-order valence-corrected chi connectivity index (χ1v) is 10.9. The molecule has 0 unspecified atom stereocenters. The molecule has 2 heterocycles. The van der Waals surface area contributed by atoms with Crippen LogP contribution in [0.15, 0.2) is 48.4 Å².